The van der Waals surface area contributed by atoms with Gasteiger partial charge in [0, 0.05) is 20.1 Å². The van der Waals surface area contributed by atoms with Crippen LogP contribution in [0.4, 0.5) is 9.18 Å². The fourth-order valence-electron chi connectivity index (χ4n) is 2.23. The molecule has 1 aromatic carbocycles. The van der Waals surface area contributed by atoms with Crippen molar-refractivity contribution in [3.8, 4) is 0 Å². The summed E-state index contributed by atoms with van der Waals surface area (Å²) in [6.45, 7) is 11.5. The van der Waals surface area contributed by atoms with Gasteiger partial charge in [0.15, 0.2) is 0 Å². The summed E-state index contributed by atoms with van der Waals surface area (Å²) in [5.41, 5.74) is 1.54. The number of nitrogens with one attached hydrogen (secondary N) is 1. The van der Waals surface area contributed by atoms with Crippen LogP contribution < -0.4 is 5.32 Å². The van der Waals surface area contributed by atoms with Crippen molar-refractivity contribution < 1.29 is 13.9 Å². The Balaban J connectivity index is 2.38. The minimum atomic E-state index is -0.484. The second-order valence-corrected chi connectivity index (χ2v) is 7.17. The molecule has 0 fully saturated rings. The maximum Gasteiger partial charge on any atom is 0.410 e. The van der Waals surface area contributed by atoms with Gasteiger partial charge in [-0.2, -0.15) is 0 Å². The predicted molar refractivity (Wildman–Crippen MR) is 90.9 cm³/mol. The smallest absolute Gasteiger partial charge is 0.410 e. The van der Waals surface area contributed by atoms with E-state index in [0.29, 0.717) is 13.1 Å². The first-order valence-corrected chi connectivity index (χ1v) is 7.98. The Hall–Kier alpha value is -1.62. The number of benzene rings is 1. The van der Waals surface area contributed by atoms with Gasteiger partial charge in [-0.25, -0.2) is 9.18 Å². The zero-order chi connectivity index (χ0) is 17.6. The second kappa shape index (κ2) is 8.29. The fourth-order valence-corrected chi connectivity index (χ4v) is 2.23. The molecule has 1 N–H and O–H groups in total. The molecule has 0 aromatic heterocycles. The number of nitrogens with zero attached hydrogens (tertiary/aromatic N) is 1. The van der Waals surface area contributed by atoms with Crippen LogP contribution in [0.3, 0.4) is 0 Å². The van der Waals surface area contributed by atoms with Crippen LogP contribution in [0.5, 0.6) is 0 Å². The standard InChI is InChI=1S/C18H29FN2O2/c1-13(12-21(6)17(22)23-18(3,4)5)10-20-11-15-9-16(19)8-7-14(15)2/h7-9,13,20H,10-12H2,1-6H3. The maximum absolute atomic E-state index is 13.2. The van der Waals surface area contributed by atoms with Gasteiger partial charge in [0.05, 0.1) is 0 Å². The molecule has 4 nitrogen and oxygen atoms in total. The summed E-state index contributed by atoms with van der Waals surface area (Å²) in [6, 6.07) is 4.81. The lowest BCUT2D eigenvalue weighted by Gasteiger charge is -2.26. The van der Waals surface area contributed by atoms with Crippen LogP contribution in [0.2, 0.25) is 0 Å². The van der Waals surface area contributed by atoms with Crippen molar-refractivity contribution in [3.05, 3.63) is 35.1 Å². The van der Waals surface area contributed by atoms with Gasteiger partial charge in [-0.1, -0.05) is 13.0 Å². The molecular formula is C18H29FN2O2. The van der Waals surface area contributed by atoms with Crippen LogP contribution >= 0.6 is 0 Å². The number of carbonyl (C=O) groups excluding carboxylic acids is 1. The number of aryl methyl sites for hydroxylation is 1. The van der Waals surface area contributed by atoms with Gasteiger partial charge >= 0.3 is 6.09 Å². The van der Waals surface area contributed by atoms with Crippen LogP contribution in [-0.4, -0.2) is 36.7 Å². The van der Waals surface area contributed by atoms with E-state index in [1.54, 1.807) is 24.1 Å². The number of amides is 1. The summed E-state index contributed by atoms with van der Waals surface area (Å²) in [6.07, 6.45) is -0.315. The minimum absolute atomic E-state index is 0.217. The molecule has 0 spiro atoms. The predicted octanol–water partition coefficient (Wildman–Crippen LogP) is 3.73. The number of ether oxygens (including phenoxy) is 1. The maximum atomic E-state index is 13.2. The molecular weight excluding hydrogens is 295 g/mol. The number of hydrogen-bond donors (Lipinski definition) is 1. The van der Waals surface area contributed by atoms with Crippen LogP contribution in [-0.2, 0) is 11.3 Å². The molecule has 1 atom stereocenters. The monoisotopic (exact) mass is 324 g/mol. The Labute approximate surface area is 139 Å². The Morgan fingerprint density at radius 1 is 1.39 bits per heavy atom. The van der Waals surface area contributed by atoms with Crippen LogP contribution in [0.15, 0.2) is 18.2 Å². The van der Waals surface area contributed by atoms with Gasteiger partial charge < -0.3 is 15.0 Å². The summed E-state index contributed by atoms with van der Waals surface area (Å²) in [4.78, 5) is 13.5. The van der Waals surface area contributed by atoms with E-state index in [9.17, 15) is 9.18 Å². The second-order valence-electron chi connectivity index (χ2n) is 7.17. The molecule has 0 heterocycles. The Morgan fingerprint density at radius 2 is 2.04 bits per heavy atom. The number of hydrogen-bond acceptors (Lipinski definition) is 3. The summed E-state index contributed by atoms with van der Waals surface area (Å²) >= 11 is 0. The van der Waals surface area contributed by atoms with Gasteiger partial charge in [-0.3, -0.25) is 0 Å². The lowest BCUT2D eigenvalue weighted by Crippen LogP contribution is -2.38. The topological polar surface area (TPSA) is 41.6 Å². The van der Waals surface area contributed by atoms with E-state index < -0.39 is 5.60 Å². The lowest BCUT2D eigenvalue weighted by molar-refractivity contribution is 0.0277. The largest absolute Gasteiger partial charge is 0.444 e. The third-order valence-corrected chi connectivity index (χ3v) is 3.41. The van der Waals surface area contributed by atoms with E-state index in [0.717, 1.165) is 17.7 Å². The summed E-state index contributed by atoms with van der Waals surface area (Å²) < 4.78 is 18.6. The third-order valence-electron chi connectivity index (χ3n) is 3.41. The Bertz CT molecular complexity index is 526. The molecule has 0 saturated carbocycles. The first-order chi connectivity index (χ1) is 10.6. The van der Waals surface area contributed by atoms with Gasteiger partial charge in [-0.15, -0.1) is 0 Å². The van der Waals surface area contributed by atoms with Crippen LogP contribution in [0.1, 0.15) is 38.8 Å². The average molecular weight is 324 g/mol. The molecule has 5 heteroatoms. The highest BCUT2D eigenvalue weighted by atomic mass is 19.1. The number of carbonyl (C=O) groups is 1. The average Bonchev–Trinajstić information content (AvgIpc) is 2.40. The quantitative estimate of drug-likeness (QED) is 0.867. The van der Waals surface area contributed by atoms with E-state index in [1.807, 2.05) is 27.7 Å². The van der Waals surface area contributed by atoms with E-state index in [-0.39, 0.29) is 17.8 Å². The van der Waals surface area contributed by atoms with Gasteiger partial charge in [0.25, 0.3) is 0 Å². The molecule has 130 valence electrons. The van der Waals surface area contributed by atoms with Crippen molar-refractivity contribution in [2.24, 2.45) is 5.92 Å². The molecule has 1 amide bonds. The van der Waals surface area contributed by atoms with Gasteiger partial charge in [0.1, 0.15) is 11.4 Å². The fraction of sp³-hybridized carbons (Fsp3) is 0.611. The Morgan fingerprint density at radius 3 is 2.65 bits per heavy atom. The molecule has 0 aliphatic carbocycles. The van der Waals surface area contributed by atoms with Crippen molar-refractivity contribution >= 4 is 6.09 Å². The van der Waals surface area contributed by atoms with Crippen molar-refractivity contribution in [2.45, 2.75) is 46.8 Å². The minimum Gasteiger partial charge on any atom is -0.444 e. The molecule has 1 aromatic rings. The normalized spacial score (nSPS) is 12.8. The molecule has 23 heavy (non-hydrogen) atoms. The van der Waals surface area contributed by atoms with E-state index in [4.69, 9.17) is 4.74 Å². The highest BCUT2D eigenvalue weighted by Crippen LogP contribution is 2.11. The summed E-state index contributed by atoms with van der Waals surface area (Å²) in [7, 11) is 1.74. The van der Waals surface area contributed by atoms with Crippen molar-refractivity contribution in [3.63, 3.8) is 0 Å². The highest BCUT2D eigenvalue weighted by Gasteiger charge is 2.20. The van der Waals surface area contributed by atoms with Gasteiger partial charge in [-0.05, 0) is 63.4 Å². The molecule has 0 aliphatic rings. The zero-order valence-corrected chi connectivity index (χ0v) is 15.1. The highest BCUT2D eigenvalue weighted by molar-refractivity contribution is 5.67. The van der Waals surface area contributed by atoms with Gasteiger partial charge in [0.2, 0.25) is 0 Å². The lowest BCUT2D eigenvalue weighted by atomic mass is 10.1. The third kappa shape index (κ3) is 7.46. The molecule has 0 saturated heterocycles. The van der Waals surface area contributed by atoms with Crippen LogP contribution in [0.25, 0.3) is 0 Å². The number of halogens is 1. The Kier molecular flexibility index (Phi) is 7.01. The van der Waals surface area contributed by atoms with E-state index in [2.05, 4.69) is 12.2 Å². The van der Waals surface area contributed by atoms with Crippen molar-refractivity contribution in [2.75, 3.05) is 20.1 Å². The van der Waals surface area contributed by atoms with Crippen molar-refractivity contribution in [1.29, 1.82) is 0 Å². The summed E-state index contributed by atoms with van der Waals surface area (Å²) in [5.74, 6) is 0.0477. The van der Waals surface area contributed by atoms with Crippen molar-refractivity contribution in [1.82, 2.24) is 10.2 Å². The van der Waals surface area contributed by atoms with E-state index in [1.165, 1.54) is 6.07 Å². The molecule has 0 bridgehead atoms. The molecule has 1 rings (SSSR count). The first kappa shape index (κ1) is 19.4. The molecule has 0 aliphatic heterocycles. The first-order valence-electron chi connectivity index (χ1n) is 7.98. The zero-order valence-electron chi connectivity index (χ0n) is 15.1. The molecule has 1 unspecified atom stereocenters. The summed E-state index contributed by atoms with van der Waals surface area (Å²) in [5, 5.41) is 3.32. The van der Waals surface area contributed by atoms with Crippen LogP contribution in [0, 0.1) is 18.7 Å². The van der Waals surface area contributed by atoms with E-state index >= 15 is 0 Å². The number of rotatable bonds is 6. The SMILES string of the molecule is Cc1ccc(F)cc1CNCC(C)CN(C)C(=O)OC(C)(C)C. The molecule has 0 radical (unpaired) electrons.